The lowest BCUT2D eigenvalue weighted by atomic mass is 10.1. The van der Waals surface area contributed by atoms with Crippen molar-refractivity contribution in [1.82, 2.24) is 9.97 Å². The quantitative estimate of drug-likeness (QED) is 0.843. The second-order valence-corrected chi connectivity index (χ2v) is 5.36. The lowest BCUT2D eigenvalue weighted by Crippen LogP contribution is -2.21. The minimum absolute atomic E-state index is 0.773. The SMILES string of the molecule is CCCCN(C)c1nccc(NCc2ccc(C)cc2)n1. The maximum atomic E-state index is 4.56. The van der Waals surface area contributed by atoms with Crippen molar-refractivity contribution in [2.75, 3.05) is 23.8 Å². The molecule has 1 N–H and O–H groups in total. The Morgan fingerprint density at radius 1 is 1.14 bits per heavy atom. The average Bonchev–Trinajstić information content (AvgIpc) is 2.52. The summed E-state index contributed by atoms with van der Waals surface area (Å²) in [6.45, 7) is 6.04. The molecule has 0 fully saturated rings. The highest BCUT2D eigenvalue weighted by molar-refractivity contribution is 5.41. The van der Waals surface area contributed by atoms with Crippen LogP contribution < -0.4 is 10.2 Å². The van der Waals surface area contributed by atoms with Gasteiger partial charge in [-0.2, -0.15) is 4.98 Å². The first-order valence-corrected chi connectivity index (χ1v) is 7.52. The van der Waals surface area contributed by atoms with Crippen LogP contribution in [0.5, 0.6) is 0 Å². The molecule has 1 aromatic carbocycles. The first-order chi connectivity index (χ1) is 10.2. The van der Waals surface area contributed by atoms with Crippen LogP contribution in [0.25, 0.3) is 0 Å². The molecule has 0 saturated heterocycles. The van der Waals surface area contributed by atoms with Crippen molar-refractivity contribution in [2.24, 2.45) is 0 Å². The highest BCUT2D eigenvalue weighted by Gasteiger charge is 2.04. The fourth-order valence-corrected chi connectivity index (χ4v) is 2.02. The van der Waals surface area contributed by atoms with Crippen LogP contribution >= 0.6 is 0 Å². The topological polar surface area (TPSA) is 41.1 Å². The zero-order valence-corrected chi connectivity index (χ0v) is 13.1. The van der Waals surface area contributed by atoms with E-state index in [0.717, 1.165) is 31.3 Å². The molecule has 2 aromatic rings. The molecule has 0 amide bonds. The summed E-state index contributed by atoms with van der Waals surface area (Å²) in [7, 11) is 2.04. The van der Waals surface area contributed by atoms with Gasteiger partial charge in [-0.1, -0.05) is 43.2 Å². The van der Waals surface area contributed by atoms with E-state index in [1.165, 1.54) is 17.5 Å². The van der Waals surface area contributed by atoms with E-state index in [-0.39, 0.29) is 0 Å². The van der Waals surface area contributed by atoms with Crippen molar-refractivity contribution in [2.45, 2.75) is 33.2 Å². The van der Waals surface area contributed by atoms with E-state index in [4.69, 9.17) is 0 Å². The Labute approximate surface area is 127 Å². The third-order valence-electron chi connectivity index (χ3n) is 3.43. The van der Waals surface area contributed by atoms with Crippen molar-refractivity contribution in [3.63, 3.8) is 0 Å². The molecular formula is C17H24N4. The first-order valence-electron chi connectivity index (χ1n) is 7.52. The number of aromatic nitrogens is 2. The van der Waals surface area contributed by atoms with Gasteiger partial charge in [0.05, 0.1) is 0 Å². The van der Waals surface area contributed by atoms with Gasteiger partial charge in [0.15, 0.2) is 0 Å². The molecule has 0 atom stereocenters. The van der Waals surface area contributed by atoms with Crippen molar-refractivity contribution in [3.8, 4) is 0 Å². The molecule has 4 nitrogen and oxygen atoms in total. The van der Waals surface area contributed by atoms with Gasteiger partial charge in [-0.05, 0) is 25.0 Å². The van der Waals surface area contributed by atoms with Crippen LogP contribution in [0.15, 0.2) is 36.5 Å². The molecular weight excluding hydrogens is 260 g/mol. The fraction of sp³-hybridized carbons (Fsp3) is 0.412. The molecule has 0 saturated carbocycles. The standard InChI is InChI=1S/C17H24N4/c1-4-5-12-21(3)17-18-11-10-16(20-17)19-13-15-8-6-14(2)7-9-15/h6-11H,4-5,12-13H2,1-3H3,(H,18,19,20). The molecule has 4 heteroatoms. The summed E-state index contributed by atoms with van der Waals surface area (Å²) < 4.78 is 0. The lowest BCUT2D eigenvalue weighted by molar-refractivity contribution is 0.750. The number of nitrogens with zero attached hydrogens (tertiary/aromatic N) is 3. The molecule has 21 heavy (non-hydrogen) atoms. The normalized spacial score (nSPS) is 10.4. The second-order valence-electron chi connectivity index (χ2n) is 5.36. The van der Waals surface area contributed by atoms with E-state index in [2.05, 4.69) is 58.3 Å². The minimum atomic E-state index is 0.773. The number of hydrogen-bond acceptors (Lipinski definition) is 4. The van der Waals surface area contributed by atoms with E-state index < -0.39 is 0 Å². The van der Waals surface area contributed by atoms with Gasteiger partial charge in [-0.25, -0.2) is 4.98 Å². The number of hydrogen-bond donors (Lipinski definition) is 1. The summed E-state index contributed by atoms with van der Waals surface area (Å²) in [6, 6.07) is 10.4. The van der Waals surface area contributed by atoms with Gasteiger partial charge in [0.25, 0.3) is 0 Å². The highest BCUT2D eigenvalue weighted by atomic mass is 15.2. The van der Waals surface area contributed by atoms with Gasteiger partial charge in [0.2, 0.25) is 5.95 Å². The molecule has 2 rings (SSSR count). The monoisotopic (exact) mass is 284 g/mol. The smallest absolute Gasteiger partial charge is 0.226 e. The molecule has 1 heterocycles. The Morgan fingerprint density at radius 2 is 1.90 bits per heavy atom. The summed E-state index contributed by atoms with van der Waals surface area (Å²) in [5.74, 6) is 1.64. The number of aryl methyl sites for hydroxylation is 1. The Bertz CT molecular complexity index is 551. The molecule has 0 unspecified atom stereocenters. The van der Waals surface area contributed by atoms with Crippen LogP contribution in [0.1, 0.15) is 30.9 Å². The van der Waals surface area contributed by atoms with Crippen LogP contribution in [0.4, 0.5) is 11.8 Å². The third-order valence-corrected chi connectivity index (χ3v) is 3.43. The van der Waals surface area contributed by atoms with Crippen LogP contribution in [0.3, 0.4) is 0 Å². The molecule has 0 aliphatic carbocycles. The fourth-order valence-electron chi connectivity index (χ4n) is 2.02. The summed E-state index contributed by atoms with van der Waals surface area (Å²) in [5.41, 5.74) is 2.53. The molecule has 0 spiro atoms. The van der Waals surface area contributed by atoms with Crippen molar-refractivity contribution >= 4 is 11.8 Å². The predicted octanol–water partition coefficient (Wildman–Crippen LogP) is 3.63. The van der Waals surface area contributed by atoms with Crippen molar-refractivity contribution < 1.29 is 0 Å². The maximum absolute atomic E-state index is 4.56. The predicted molar refractivity (Wildman–Crippen MR) is 88.7 cm³/mol. The Morgan fingerprint density at radius 3 is 2.62 bits per heavy atom. The largest absolute Gasteiger partial charge is 0.366 e. The van der Waals surface area contributed by atoms with E-state index >= 15 is 0 Å². The van der Waals surface area contributed by atoms with Gasteiger partial charge >= 0.3 is 0 Å². The molecule has 112 valence electrons. The zero-order valence-electron chi connectivity index (χ0n) is 13.1. The number of rotatable bonds is 7. The van der Waals surface area contributed by atoms with E-state index in [1.807, 2.05) is 19.3 Å². The number of nitrogens with one attached hydrogen (secondary N) is 1. The highest BCUT2D eigenvalue weighted by Crippen LogP contribution is 2.12. The van der Waals surface area contributed by atoms with Gasteiger partial charge in [-0.3, -0.25) is 0 Å². The average molecular weight is 284 g/mol. The summed E-state index contributed by atoms with van der Waals surface area (Å²) >= 11 is 0. The minimum Gasteiger partial charge on any atom is -0.366 e. The van der Waals surface area contributed by atoms with Crippen molar-refractivity contribution in [1.29, 1.82) is 0 Å². The molecule has 0 aliphatic heterocycles. The molecule has 0 radical (unpaired) electrons. The molecule has 1 aromatic heterocycles. The van der Waals surface area contributed by atoms with Gasteiger partial charge < -0.3 is 10.2 Å². The molecule has 0 bridgehead atoms. The van der Waals surface area contributed by atoms with E-state index in [9.17, 15) is 0 Å². The van der Waals surface area contributed by atoms with Gasteiger partial charge in [0, 0.05) is 26.3 Å². The summed E-state index contributed by atoms with van der Waals surface area (Å²) in [5, 5.41) is 3.35. The van der Waals surface area contributed by atoms with E-state index in [0.29, 0.717) is 0 Å². The number of benzene rings is 1. The Balaban J connectivity index is 1.95. The van der Waals surface area contributed by atoms with Crippen LogP contribution in [-0.4, -0.2) is 23.6 Å². The molecule has 0 aliphatic rings. The number of unbranched alkanes of at least 4 members (excludes halogenated alkanes) is 1. The maximum Gasteiger partial charge on any atom is 0.226 e. The second kappa shape index (κ2) is 7.62. The van der Waals surface area contributed by atoms with Crippen LogP contribution in [-0.2, 0) is 6.54 Å². The number of anilines is 2. The Hall–Kier alpha value is -2.10. The van der Waals surface area contributed by atoms with Crippen LogP contribution in [0.2, 0.25) is 0 Å². The van der Waals surface area contributed by atoms with Crippen molar-refractivity contribution in [3.05, 3.63) is 47.7 Å². The summed E-state index contributed by atoms with van der Waals surface area (Å²) in [6.07, 6.45) is 4.14. The van der Waals surface area contributed by atoms with Gasteiger partial charge in [0.1, 0.15) is 5.82 Å². The van der Waals surface area contributed by atoms with E-state index in [1.54, 1.807) is 0 Å². The Kier molecular flexibility index (Phi) is 5.55. The zero-order chi connectivity index (χ0) is 15.1. The summed E-state index contributed by atoms with van der Waals surface area (Å²) in [4.78, 5) is 11.0. The first kappa shape index (κ1) is 15.3. The van der Waals surface area contributed by atoms with Gasteiger partial charge in [-0.15, -0.1) is 0 Å². The lowest BCUT2D eigenvalue weighted by Gasteiger charge is -2.17. The van der Waals surface area contributed by atoms with Crippen LogP contribution in [0, 0.1) is 6.92 Å². The third kappa shape index (κ3) is 4.74.